The zero-order valence-electron chi connectivity index (χ0n) is 12.8. The van der Waals surface area contributed by atoms with Crippen LogP contribution in [0, 0.1) is 0 Å². The molecule has 17 heavy (non-hydrogen) atoms. The van der Waals surface area contributed by atoms with Gasteiger partial charge < -0.3 is 0 Å². The fourth-order valence-corrected chi connectivity index (χ4v) is 38.6. The summed E-state index contributed by atoms with van der Waals surface area (Å²) >= 11 is 0. The van der Waals surface area contributed by atoms with Crippen molar-refractivity contribution in [2.45, 2.75) is 67.8 Å². The largest absolute Gasteiger partial charge is 0.229 e. The fraction of sp³-hybridized carbons (Fsp3) is 1.00. The quantitative estimate of drug-likeness (QED) is 0.593. The van der Waals surface area contributed by atoms with Crippen LogP contribution < -0.4 is 0 Å². The first-order valence-corrected chi connectivity index (χ1v) is 18.5. The molecule has 0 N–H and O–H groups in total. The molecule has 0 aliphatic carbocycles. The number of sulfone groups is 1. The van der Waals surface area contributed by atoms with Crippen LogP contribution in [0.4, 0.5) is 0 Å². The summed E-state index contributed by atoms with van der Waals surface area (Å²) in [5.74, 6) is 0. The maximum absolute atomic E-state index is 12.8. The van der Waals surface area contributed by atoms with E-state index in [2.05, 4.69) is 58.9 Å². The van der Waals surface area contributed by atoms with Crippen molar-refractivity contribution in [3.8, 4) is 0 Å². The van der Waals surface area contributed by atoms with E-state index in [1.165, 1.54) is 0 Å². The van der Waals surface area contributed by atoms with E-state index in [9.17, 15) is 8.42 Å². The van der Waals surface area contributed by atoms with Crippen LogP contribution in [-0.2, 0) is 9.84 Å². The Morgan fingerprint density at radius 3 is 1.12 bits per heavy atom. The van der Waals surface area contributed by atoms with Crippen molar-refractivity contribution in [1.29, 1.82) is 0 Å². The molecule has 0 saturated carbocycles. The Labute approximate surface area is 110 Å². The summed E-state index contributed by atoms with van der Waals surface area (Å²) in [5.41, 5.74) is 0. The lowest BCUT2D eigenvalue weighted by Gasteiger charge is -2.38. The van der Waals surface area contributed by atoms with E-state index in [1.54, 1.807) is 0 Å². The van der Waals surface area contributed by atoms with Crippen molar-refractivity contribution < 1.29 is 8.42 Å². The number of hydrogen-bond acceptors (Lipinski definition) is 2. The van der Waals surface area contributed by atoms with E-state index in [-0.39, 0.29) is 8.87 Å². The Morgan fingerprint density at radius 2 is 1.06 bits per heavy atom. The van der Waals surface area contributed by atoms with Crippen molar-refractivity contribution in [3.05, 3.63) is 0 Å². The van der Waals surface area contributed by atoms with Crippen molar-refractivity contribution >= 4 is 34.1 Å². The van der Waals surface area contributed by atoms with Crippen LogP contribution in [0.25, 0.3) is 0 Å². The normalized spacial score (nSPS) is 27.9. The first-order valence-electron chi connectivity index (χ1n) is 6.35. The molecule has 0 amide bonds. The van der Waals surface area contributed by atoms with Crippen LogP contribution >= 0.6 is 0 Å². The molecule has 102 valence electrons. The molecule has 6 heteroatoms. The van der Waals surface area contributed by atoms with Crippen LogP contribution in [-0.4, -0.2) is 41.5 Å². The lowest BCUT2D eigenvalue weighted by Crippen LogP contribution is -2.62. The summed E-state index contributed by atoms with van der Waals surface area (Å²) in [6.07, 6.45) is 0. The molecule has 1 rings (SSSR count). The van der Waals surface area contributed by atoms with Gasteiger partial charge in [-0.3, -0.25) is 0 Å². The molecule has 1 heterocycles. The molecular formula is C11H28O2SSi3. The van der Waals surface area contributed by atoms with Gasteiger partial charge in [0.1, 0.15) is 0 Å². The van der Waals surface area contributed by atoms with E-state index in [0.717, 1.165) is 0 Å². The standard InChI is InChI=1S/C11H28O2SSi3/c1-15(2,3)10-11(14(10,12)13,16(4,5)6)17(7,8)9/h10H,1-9H3/t10-/m0/s1. The van der Waals surface area contributed by atoms with E-state index >= 15 is 0 Å². The highest BCUT2D eigenvalue weighted by molar-refractivity contribution is 8.08. The Morgan fingerprint density at radius 1 is 0.765 bits per heavy atom. The monoisotopic (exact) mass is 308 g/mol. The fourth-order valence-electron chi connectivity index (χ4n) is 4.18. The third-order valence-electron chi connectivity index (χ3n) is 4.09. The SMILES string of the molecule is C[Si](C)(C)[C@H]1C([Si](C)(C)C)([Si](C)(C)C)S1(=O)=O. The van der Waals surface area contributed by atoms with Crippen LogP contribution in [0.1, 0.15) is 0 Å². The van der Waals surface area contributed by atoms with Gasteiger partial charge in [-0.05, 0) is 0 Å². The maximum Gasteiger partial charge on any atom is 0.153 e. The van der Waals surface area contributed by atoms with Gasteiger partial charge in [-0.15, -0.1) is 0 Å². The lowest BCUT2D eigenvalue weighted by atomic mass is 10.9. The Bertz CT molecular complexity index is 407. The molecule has 0 aromatic carbocycles. The molecule has 1 atom stereocenters. The van der Waals surface area contributed by atoms with Gasteiger partial charge in [-0.25, -0.2) is 8.42 Å². The van der Waals surface area contributed by atoms with E-state index in [4.69, 9.17) is 0 Å². The van der Waals surface area contributed by atoms with Gasteiger partial charge in [0.05, 0.1) is 33.1 Å². The van der Waals surface area contributed by atoms with Crippen LogP contribution in [0.2, 0.25) is 58.9 Å². The van der Waals surface area contributed by atoms with Crippen molar-refractivity contribution in [2.75, 3.05) is 0 Å². The third kappa shape index (κ3) is 1.86. The maximum atomic E-state index is 12.8. The highest BCUT2D eigenvalue weighted by Crippen LogP contribution is 2.60. The van der Waals surface area contributed by atoms with Crippen LogP contribution in [0.5, 0.6) is 0 Å². The molecule has 1 saturated heterocycles. The van der Waals surface area contributed by atoms with E-state index < -0.39 is 34.1 Å². The molecule has 0 aromatic rings. The first kappa shape index (κ1) is 15.7. The molecule has 0 unspecified atom stereocenters. The number of hydrogen-bond donors (Lipinski definition) is 0. The number of rotatable bonds is 3. The summed E-state index contributed by atoms with van der Waals surface area (Å²) in [4.78, 5) is 0.0285. The predicted octanol–water partition coefficient (Wildman–Crippen LogP) is 3.15. The molecular weight excluding hydrogens is 280 g/mol. The van der Waals surface area contributed by atoms with Gasteiger partial charge in [-0.1, -0.05) is 58.9 Å². The first-order chi connectivity index (χ1) is 7.12. The summed E-state index contributed by atoms with van der Waals surface area (Å²) in [7, 11) is -7.90. The summed E-state index contributed by atoms with van der Waals surface area (Å²) in [5, 5.41) is 0. The lowest BCUT2D eigenvalue weighted by molar-refractivity contribution is 0.612. The Balaban J connectivity index is 3.54. The minimum absolute atomic E-state index is 0.0285. The summed E-state index contributed by atoms with van der Waals surface area (Å²) < 4.78 is 25.3. The highest BCUT2D eigenvalue weighted by Gasteiger charge is 2.83. The molecule has 2 nitrogen and oxygen atoms in total. The average Bonchev–Trinajstić information content (AvgIpc) is 2.44. The van der Waals surface area contributed by atoms with Gasteiger partial charge >= 0.3 is 0 Å². The molecule has 0 bridgehead atoms. The van der Waals surface area contributed by atoms with Crippen molar-refractivity contribution in [1.82, 2.24) is 0 Å². The predicted molar refractivity (Wildman–Crippen MR) is 85.5 cm³/mol. The smallest absolute Gasteiger partial charge is 0.153 e. The molecule has 0 aromatic heterocycles. The second kappa shape index (κ2) is 3.58. The molecule has 0 radical (unpaired) electrons. The zero-order valence-corrected chi connectivity index (χ0v) is 16.6. The van der Waals surface area contributed by atoms with Gasteiger partial charge in [0.15, 0.2) is 9.84 Å². The van der Waals surface area contributed by atoms with Gasteiger partial charge in [0.25, 0.3) is 0 Å². The molecule has 1 aliphatic heterocycles. The minimum Gasteiger partial charge on any atom is -0.229 e. The van der Waals surface area contributed by atoms with Crippen LogP contribution in [0.15, 0.2) is 0 Å². The Hall–Kier alpha value is 0.601. The van der Waals surface area contributed by atoms with Crippen LogP contribution in [0.3, 0.4) is 0 Å². The second-order valence-corrected chi connectivity index (χ2v) is 28.3. The second-order valence-electron chi connectivity index (χ2n) is 8.53. The molecule has 1 aliphatic rings. The highest BCUT2D eigenvalue weighted by atomic mass is 32.2. The molecule has 1 fully saturated rings. The van der Waals surface area contributed by atoms with E-state index in [1.807, 2.05) is 0 Å². The van der Waals surface area contributed by atoms with E-state index in [0.29, 0.717) is 0 Å². The van der Waals surface area contributed by atoms with Crippen molar-refractivity contribution in [3.63, 3.8) is 0 Å². The van der Waals surface area contributed by atoms with Crippen molar-refractivity contribution in [2.24, 2.45) is 0 Å². The third-order valence-corrected chi connectivity index (χ3v) is 27.1. The molecule has 0 spiro atoms. The van der Waals surface area contributed by atoms with Gasteiger partial charge in [-0.2, -0.15) is 0 Å². The average molecular weight is 309 g/mol. The topological polar surface area (TPSA) is 34.1 Å². The summed E-state index contributed by atoms with van der Waals surface area (Å²) in [6, 6.07) is 0. The Kier molecular flexibility index (Phi) is 3.30. The summed E-state index contributed by atoms with van der Waals surface area (Å²) in [6.45, 7) is 20.2. The van der Waals surface area contributed by atoms with Gasteiger partial charge in [0.2, 0.25) is 0 Å². The minimum atomic E-state index is -2.85. The van der Waals surface area contributed by atoms with Gasteiger partial charge in [0, 0.05) is 0 Å². The zero-order chi connectivity index (χ0) is 14.1.